The minimum Gasteiger partial charge on any atom is -0.349 e. The molecule has 4 rings (SSSR count). The first-order valence-corrected chi connectivity index (χ1v) is 9.23. The van der Waals surface area contributed by atoms with Crippen molar-refractivity contribution in [2.24, 2.45) is 0 Å². The molecule has 0 spiro atoms. The molecule has 1 atom stereocenters. The lowest BCUT2D eigenvalue weighted by atomic mass is 10.0. The van der Waals surface area contributed by atoms with Gasteiger partial charge in [0.15, 0.2) is 0 Å². The molecular weight excluding hydrogens is 318 g/mol. The second kappa shape index (κ2) is 6.71. The number of hydrogen-bond acceptors (Lipinski definition) is 5. The number of amides is 2. The minimum atomic E-state index is -0.0996. The van der Waals surface area contributed by atoms with Gasteiger partial charge in [-0.2, -0.15) is 0 Å². The molecule has 3 fully saturated rings. The molecule has 2 amide bonds. The Hall–Kier alpha value is -2.02. The number of nitrogens with one attached hydrogen (secondary N) is 1. The van der Waals surface area contributed by atoms with Crippen molar-refractivity contribution in [1.82, 2.24) is 25.1 Å². The Kier molecular flexibility index (Phi) is 4.41. The summed E-state index contributed by atoms with van der Waals surface area (Å²) in [5, 5.41) is 3.09. The number of carbonyl (C=O) groups is 2. The summed E-state index contributed by atoms with van der Waals surface area (Å²) in [4.78, 5) is 37.2. The standard InChI is InChI=1S/C18H25N5O2/c1-22-7-6-15(18(22)25)23-8-4-14(5-9-23)21-17(24)13-10-19-16(20-11-13)12-2-3-12/h10-12,14-15H,2-9H2,1H3,(H,21,24). The van der Waals surface area contributed by atoms with Gasteiger partial charge in [-0.1, -0.05) is 0 Å². The lowest BCUT2D eigenvalue weighted by Crippen LogP contribution is -2.50. The molecule has 25 heavy (non-hydrogen) atoms. The molecule has 1 aromatic rings. The van der Waals surface area contributed by atoms with Gasteiger partial charge >= 0.3 is 0 Å². The zero-order valence-corrected chi connectivity index (χ0v) is 14.6. The van der Waals surface area contributed by atoms with E-state index in [0.717, 1.165) is 57.6 Å². The number of likely N-dealkylation sites (N-methyl/N-ethyl adjacent to an activating group) is 1. The predicted molar refractivity (Wildman–Crippen MR) is 92.1 cm³/mol. The number of aromatic nitrogens is 2. The minimum absolute atomic E-state index is 0.0324. The fourth-order valence-electron chi connectivity index (χ4n) is 3.77. The Morgan fingerprint density at radius 2 is 1.76 bits per heavy atom. The maximum atomic E-state index is 12.4. The van der Waals surface area contributed by atoms with Crippen LogP contribution in [-0.2, 0) is 4.79 Å². The monoisotopic (exact) mass is 343 g/mol. The van der Waals surface area contributed by atoms with Crippen LogP contribution in [0.2, 0.25) is 0 Å². The van der Waals surface area contributed by atoms with E-state index in [-0.39, 0.29) is 23.9 Å². The maximum Gasteiger partial charge on any atom is 0.254 e. The number of nitrogens with zero attached hydrogens (tertiary/aromatic N) is 4. The molecule has 3 heterocycles. The van der Waals surface area contributed by atoms with Crippen molar-refractivity contribution in [3.05, 3.63) is 23.8 Å². The summed E-state index contributed by atoms with van der Waals surface area (Å²) in [5.41, 5.74) is 0.527. The molecule has 2 saturated heterocycles. The van der Waals surface area contributed by atoms with E-state index in [1.54, 1.807) is 12.4 Å². The van der Waals surface area contributed by atoms with Gasteiger partial charge in [0.05, 0.1) is 11.6 Å². The highest BCUT2D eigenvalue weighted by atomic mass is 16.2. The van der Waals surface area contributed by atoms with Crippen LogP contribution in [0.1, 0.15) is 54.2 Å². The zero-order valence-electron chi connectivity index (χ0n) is 14.6. The van der Waals surface area contributed by atoms with Crippen molar-refractivity contribution < 1.29 is 9.59 Å². The third-order valence-electron chi connectivity index (χ3n) is 5.58. The molecule has 1 aliphatic carbocycles. The Labute approximate surface area is 147 Å². The van der Waals surface area contributed by atoms with Gasteiger partial charge in [-0.05, 0) is 32.1 Å². The molecule has 0 aromatic carbocycles. The van der Waals surface area contributed by atoms with E-state index in [9.17, 15) is 9.59 Å². The van der Waals surface area contributed by atoms with Crippen molar-refractivity contribution in [2.75, 3.05) is 26.7 Å². The van der Waals surface area contributed by atoms with E-state index < -0.39 is 0 Å². The summed E-state index contributed by atoms with van der Waals surface area (Å²) in [6.45, 7) is 2.55. The number of likely N-dealkylation sites (tertiary alicyclic amines) is 2. The summed E-state index contributed by atoms with van der Waals surface area (Å²) < 4.78 is 0. The summed E-state index contributed by atoms with van der Waals surface area (Å²) in [7, 11) is 1.87. The van der Waals surface area contributed by atoms with Gasteiger partial charge in [0, 0.05) is 51.0 Å². The molecule has 0 bridgehead atoms. The van der Waals surface area contributed by atoms with Gasteiger partial charge in [-0.15, -0.1) is 0 Å². The molecule has 2 aliphatic heterocycles. The Morgan fingerprint density at radius 3 is 2.32 bits per heavy atom. The van der Waals surface area contributed by atoms with E-state index in [2.05, 4.69) is 20.2 Å². The first-order valence-electron chi connectivity index (χ1n) is 9.23. The van der Waals surface area contributed by atoms with Crippen LogP contribution in [0.3, 0.4) is 0 Å². The molecular formula is C18H25N5O2. The predicted octanol–water partition coefficient (Wildman–Crippen LogP) is 0.779. The third kappa shape index (κ3) is 3.51. The van der Waals surface area contributed by atoms with Crippen LogP contribution in [0.4, 0.5) is 0 Å². The number of piperidine rings is 1. The average molecular weight is 343 g/mol. The third-order valence-corrected chi connectivity index (χ3v) is 5.58. The highest BCUT2D eigenvalue weighted by Crippen LogP contribution is 2.37. The van der Waals surface area contributed by atoms with Crippen LogP contribution in [-0.4, -0.2) is 70.3 Å². The summed E-state index contributed by atoms with van der Waals surface area (Å²) >= 11 is 0. The highest BCUT2D eigenvalue weighted by molar-refractivity contribution is 5.93. The van der Waals surface area contributed by atoms with Crippen LogP contribution >= 0.6 is 0 Å². The molecule has 7 nitrogen and oxygen atoms in total. The largest absolute Gasteiger partial charge is 0.349 e. The van der Waals surface area contributed by atoms with Crippen LogP contribution in [0.15, 0.2) is 12.4 Å². The molecule has 7 heteroatoms. The van der Waals surface area contributed by atoms with E-state index in [4.69, 9.17) is 0 Å². The van der Waals surface area contributed by atoms with Crippen LogP contribution in [0.25, 0.3) is 0 Å². The summed E-state index contributed by atoms with van der Waals surface area (Å²) in [5.74, 6) is 1.49. The molecule has 3 aliphatic rings. The fraction of sp³-hybridized carbons (Fsp3) is 0.667. The number of rotatable bonds is 4. The van der Waals surface area contributed by atoms with Crippen LogP contribution in [0.5, 0.6) is 0 Å². The lowest BCUT2D eigenvalue weighted by Gasteiger charge is -2.35. The smallest absolute Gasteiger partial charge is 0.254 e. The zero-order chi connectivity index (χ0) is 17.4. The second-order valence-electron chi connectivity index (χ2n) is 7.45. The van der Waals surface area contributed by atoms with Crippen molar-refractivity contribution in [2.45, 2.75) is 50.1 Å². The van der Waals surface area contributed by atoms with Gasteiger partial charge in [0.1, 0.15) is 5.82 Å². The molecule has 1 aromatic heterocycles. The lowest BCUT2D eigenvalue weighted by molar-refractivity contribution is -0.131. The molecule has 1 unspecified atom stereocenters. The Balaban J connectivity index is 1.28. The van der Waals surface area contributed by atoms with E-state index >= 15 is 0 Å². The maximum absolute atomic E-state index is 12.4. The van der Waals surface area contributed by atoms with Crippen LogP contribution < -0.4 is 5.32 Å². The van der Waals surface area contributed by atoms with Gasteiger partial charge in [-0.3, -0.25) is 14.5 Å². The van der Waals surface area contributed by atoms with Gasteiger partial charge in [-0.25, -0.2) is 9.97 Å². The van der Waals surface area contributed by atoms with E-state index in [1.807, 2.05) is 11.9 Å². The molecule has 1 saturated carbocycles. The molecule has 134 valence electrons. The number of carbonyl (C=O) groups excluding carboxylic acids is 2. The van der Waals surface area contributed by atoms with E-state index in [1.165, 1.54) is 0 Å². The van der Waals surface area contributed by atoms with Gasteiger partial charge in [0.25, 0.3) is 5.91 Å². The Bertz CT molecular complexity index is 650. The van der Waals surface area contributed by atoms with Crippen LogP contribution in [0, 0.1) is 0 Å². The highest BCUT2D eigenvalue weighted by Gasteiger charge is 2.36. The molecule has 1 N–H and O–H groups in total. The average Bonchev–Trinajstić information content (AvgIpc) is 3.43. The van der Waals surface area contributed by atoms with Crippen molar-refractivity contribution in [3.8, 4) is 0 Å². The SMILES string of the molecule is CN1CCC(N2CCC(NC(=O)c3cnc(C4CC4)nc3)CC2)C1=O. The first-order chi connectivity index (χ1) is 12.1. The Morgan fingerprint density at radius 1 is 1.08 bits per heavy atom. The fourth-order valence-corrected chi connectivity index (χ4v) is 3.77. The summed E-state index contributed by atoms with van der Waals surface area (Å²) in [6.07, 6.45) is 8.25. The first kappa shape index (κ1) is 16.4. The van der Waals surface area contributed by atoms with Gasteiger partial charge in [0.2, 0.25) is 5.91 Å². The number of hydrogen-bond donors (Lipinski definition) is 1. The van der Waals surface area contributed by atoms with Crippen molar-refractivity contribution in [3.63, 3.8) is 0 Å². The van der Waals surface area contributed by atoms with Crippen molar-refractivity contribution in [1.29, 1.82) is 0 Å². The van der Waals surface area contributed by atoms with Crippen molar-refractivity contribution >= 4 is 11.8 Å². The topological polar surface area (TPSA) is 78.4 Å². The molecule has 0 radical (unpaired) electrons. The quantitative estimate of drug-likeness (QED) is 0.874. The van der Waals surface area contributed by atoms with Gasteiger partial charge < -0.3 is 10.2 Å². The second-order valence-corrected chi connectivity index (χ2v) is 7.45. The normalized spacial score (nSPS) is 25.4. The van der Waals surface area contributed by atoms with E-state index in [0.29, 0.717) is 11.5 Å². The summed E-state index contributed by atoms with van der Waals surface area (Å²) in [6, 6.07) is 0.186.